The van der Waals surface area contributed by atoms with E-state index in [9.17, 15) is 4.79 Å². The average molecular weight is 195 g/mol. The van der Waals surface area contributed by atoms with Gasteiger partial charge in [-0.05, 0) is 25.9 Å². The first-order chi connectivity index (χ1) is 6.11. The van der Waals surface area contributed by atoms with E-state index in [1.165, 1.54) is 10.8 Å². The number of hydrogen-bond donors (Lipinski definition) is 1. The van der Waals surface area contributed by atoms with Crippen LogP contribution in [0.25, 0.3) is 0 Å². The van der Waals surface area contributed by atoms with E-state index < -0.39 is 8.24 Å². The smallest absolute Gasteiger partial charge is 0.199 e. The quantitative estimate of drug-likeness (QED) is 0.540. The number of carbonyl (C=O) groups excluding carboxylic acids is 1. The van der Waals surface area contributed by atoms with Crippen LogP contribution in [0.15, 0.2) is 22.9 Å². The lowest BCUT2D eigenvalue weighted by Crippen LogP contribution is -2.46. The molecule has 0 radical (unpaired) electrons. The average Bonchev–Trinajstić information content (AvgIpc) is 2.51. The fraction of sp³-hybridized carbons (Fsp3) is 0.500. The minimum Gasteiger partial charge on any atom is -0.381 e. The number of allylic oxidation sites excluding steroid dienone is 4. The van der Waals surface area contributed by atoms with Gasteiger partial charge >= 0.3 is 0 Å². The molecule has 0 heterocycles. The molecule has 1 N–H and O–H groups in total. The van der Waals surface area contributed by atoms with Crippen molar-refractivity contribution >= 4 is 14.6 Å². The molecule has 1 aliphatic rings. The van der Waals surface area contributed by atoms with E-state index in [-0.39, 0.29) is 0 Å². The molecular formula is C10H17NOSi. The van der Waals surface area contributed by atoms with Crippen LogP contribution in [-0.2, 0) is 4.79 Å². The summed E-state index contributed by atoms with van der Waals surface area (Å²) in [5.41, 5.74) is 1.42. The predicted octanol–water partition coefficient (Wildman–Crippen LogP) is 2.14. The van der Waals surface area contributed by atoms with Crippen molar-refractivity contribution in [3.05, 3.63) is 22.9 Å². The molecule has 1 aliphatic carbocycles. The number of hydrogen-bond acceptors (Lipinski definition) is 1. The molecule has 0 atom stereocenters. The highest BCUT2D eigenvalue weighted by atomic mass is 28.3. The summed E-state index contributed by atoms with van der Waals surface area (Å²) in [6, 6.07) is 0. The van der Waals surface area contributed by atoms with Crippen LogP contribution < -0.4 is 4.98 Å². The van der Waals surface area contributed by atoms with Gasteiger partial charge in [-0.15, -0.1) is 0 Å². The molecular weight excluding hydrogens is 178 g/mol. The standard InChI is InChI=1S/C10H17NOSi/c1-4-9-6-5-7-10(9)13(2,3)11-8-12/h5-6,8H,4,7H2,1-3H3,(H,11,12). The third kappa shape index (κ3) is 2.09. The maximum absolute atomic E-state index is 10.5. The summed E-state index contributed by atoms with van der Waals surface area (Å²) in [6.07, 6.45) is 7.32. The molecule has 3 heteroatoms. The second-order valence-corrected chi connectivity index (χ2v) is 7.99. The van der Waals surface area contributed by atoms with E-state index in [2.05, 4.69) is 37.2 Å². The molecule has 13 heavy (non-hydrogen) atoms. The highest BCUT2D eigenvalue weighted by molar-refractivity contribution is 6.83. The second-order valence-electron chi connectivity index (χ2n) is 3.85. The summed E-state index contributed by atoms with van der Waals surface area (Å²) in [5.74, 6) is 0. The molecule has 1 rings (SSSR count). The van der Waals surface area contributed by atoms with Crippen LogP contribution in [0.3, 0.4) is 0 Å². The van der Waals surface area contributed by atoms with Crippen LogP contribution in [0.5, 0.6) is 0 Å². The van der Waals surface area contributed by atoms with Gasteiger partial charge in [-0.3, -0.25) is 4.79 Å². The first kappa shape index (κ1) is 10.2. The first-order valence-electron chi connectivity index (χ1n) is 4.72. The van der Waals surface area contributed by atoms with Gasteiger partial charge in [0.15, 0.2) is 14.6 Å². The van der Waals surface area contributed by atoms with E-state index in [0.29, 0.717) is 0 Å². The van der Waals surface area contributed by atoms with Crippen molar-refractivity contribution in [2.24, 2.45) is 0 Å². The molecule has 1 amide bonds. The summed E-state index contributed by atoms with van der Waals surface area (Å²) in [6.45, 7) is 6.52. The maximum atomic E-state index is 10.5. The molecule has 0 aromatic rings. The predicted molar refractivity (Wildman–Crippen MR) is 57.8 cm³/mol. The van der Waals surface area contributed by atoms with Crippen molar-refractivity contribution in [2.45, 2.75) is 32.9 Å². The molecule has 0 aliphatic heterocycles. The summed E-state index contributed by atoms with van der Waals surface area (Å²) in [4.78, 5) is 13.4. The first-order valence-corrected chi connectivity index (χ1v) is 7.72. The Morgan fingerprint density at radius 2 is 2.31 bits per heavy atom. The summed E-state index contributed by atoms with van der Waals surface area (Å²) >= 11 is 0. The van der Waals surface area contributed by atoms with Gasteiger partial charge in [0.2, 0.25) is 0 Å². The molecule has 0 aromatic heterocycles. The molecule has 0 saturated heterocycles. The highest BCUT2D eigenvalue weighted by Crippen LogP contribution is 2.27. The number of rotatable bonds is 4. The van der Waals surface area contributed by atoms with Gasteiger partial charge < -0.3 is 4.98 Å². The van der Waals surface area contributed by atoms with Crippen molar-refractivity contribution in [1.82, 2.24) is 4.98 Å². The third-order valence-corrected chi connectivity index (χ3v) is 5.46. The van der Waals surface area contributed by atoms with Crippen LogP contribution in [0, 0.1) is 0 Å². The Morgan fingerprint density at radius 1 is 1.62 bits per heavy atom. The minimum absolute atomic E-state index is 0.838. The normalized spacial score (nSPS) is 16.5. The fourth-order valence-corrected chi connectivity index (χ4v) is 3.93. The van der Waals surface area contributed by atoms with Gasteiger partial charge in [0, 0.05) is 0 Å². The fourth-order valence-electron chi connectivity index (χ4n) is 1.77. The largest absolute Gasteiger partial charge is 0.381 e. The van der Waals surface area contributed by atoms with Gasteiger partial charge in [0.25, 0.3) is 0 Å². The molecule has 2 nitrogen and oxygen atoms in total. The van der Waals surface area contributed by atoms with Crippen LogP contribution in [0.2, 0.25) is 13.1 Å². The number of nitrogens with one attached hydrogen (secondary N) is 1. The van der Waals surface area contributed by atoms with Crippen LogP contribution >= 0.6 is 0 Å². The van der Waals surface area contributed by atoms with E-state index in [1.807, 2.05) is 0 Å². The number of amides is 1. The second kappa shape index (κ2) is 3.92. The zero-order valence-corrected chi connectivity index (χ0v) is 9.55. The monoisotopic (exact) mass is 195 g/mol. The molecule has 72 valence electrons. The topological polar surface area (TPSA) is 29.1 Å². The Morgan fingerprint density at radius 3 is 2.85 bits per heavy atom. The summed E-state index contributed by atoms with van der Waals surface area (Å²) < 4.78 is 0. The summed E-state index contributed by atoms with van der Waals surface area (Å²) in [7, 11) is -1.66. The third-order valence-electron chi connectivity index (χ3n) is 2.58. The van der Waals surface area contributed by atoms with Crippen LogP contribution in [0.1, 0.15) is 19.8 Å². The van der Waals surface area contributed by atoms with E-state index in [1.54, 1.807) is 0 Å². The molecule has 0 bridgehead atoms. The number of carbonyl (C=O) groups is 1. The molecule has 0 fully saturated rings. The minimum atomic E-state index is -1.66. The van der Waals surface area contributed by atoms with Gasteiger partial charge in [0.1, 0.15) is 0 Å². The molecule has 0 aromatic carbocycles. The zero-order chi connectivity index (χ0) is 9.90. The van der Waals surface area contributed by atoms with Crippen molar-refractivity contribution in [2.75, 3.05) is 0 Å². The Kier molecular flexibility index (Phi) is 3.09. The summed E-state index contributed by atoms with van der Waals surface area (Å²) in [5, 5.41) is 1.47. The maximum Gasteiger partial charge on any atom is 0.199 e. The Labute approximate surface area is 80.8 Å². The van der Waals surface area contributed by atoms with E-state index in [0.717, 1.165) is 19.3 Å². The van der Waals surface area contributed by atoms with Crippen LogP contribution in [0.4, 0.5) is 0 Å². The SMILES string of the molecule is CCC1=C([Si](C)(C)NC=O)CC=C1. The van der Waals surface area contributed by atoms with Crippen molar-refractivity contribution < 1.29 is 4.79 Å². The lowest BCUT2D eigenvalue weighted by atomic mass is 10.2. The highest BCUT2D eigenvalue weighted by Gasteiger charge is 2.28. The van der Waals surface area contributed by atoms with Crippen molar-refractivity contribution in [3.63, 3.8) is 0 Å². The Balaban J connectivity index is 2.87. The zero-order valence-electron chi connectivity index (χ0n) is 8.55. The van der Waals surface area contributed by atoms with E-state index >= 15 is 0 Å². The Bertz CT molecular complexity index is 266. The molecule has 0 unspecified atom stereocenters. The van der Waals surface area contributed by atoms with Gasteiger partial charge in [-0.25, -0.2) is 0 Å². The lowest BCUT2D eigenvalue weighted by molar-refractivity contribution is -0.108. The van der Waals surface area contributed by atoms with Gasteiger partial charge in [-0.2, -0.15) is 0 Å². The van der Waals surface area contributed by atoms with Crippen molar-refractivity contribution in [3.8, 4) is 0 Å². The molecule has 0 saturated carbocycles. The van der Waals surface area contributed by atoms with Gasteiger partial charge in [-0.1, -0.05) is 29.8 Å². The molecule has 0 spiro atoms. The lowest BCUT2D eigenvalue weighted by Gasteiger charge is -2.24. The van der Waals surface area contributed by atoms with Gasteiger partial charge in [0.05, 0.1) is 0 Å². The van der Waals surface area contributed by atoms with Crippen molar-refractivity contribution in [1.29, 1.82) is 0 Å². The van der Waals surface area contributed by atoms with E-state index in [4.69, 9.17) is 0 Å². The Hall–Kier alpha value is -0.833. The van der Waals surface area contributed by atoms with Crippen LogP contribution in [-0.4, -0.2) is 14.6 Å².